The fourth-order valence-corrected chi connectivity index (χ4v) is 3.08. The van der Waals surface area contributed by atoms with E-state index in [2.05, 4.69) is 27.5 Å². The number of methoxy groups -OCH3 is 1. The van der Waals surface area contributed by atoms with E-state index in [9.17, 15) is 9.59 Å². The average molecular weight is 377 g/mol. The molecule has 2 N–H and O–H groups in total. The lowest BCUT2D eigenvalue weighted by atomic mass is 10.0. The molecule has 0 aliphatic carbocycles. The van der Waals surface area contributed by atoms with Crippen LogP contribution in [0.1, 0.15) is 32.4 Å². The van der Waals surface area contributed by atoms with Crippen LogP contribution in [0.2, 0.25) is 0 Å². The fourth-order valence-electron chi connectivity index (χ4n) is 3.08. The van der Waals surface area contributed by atoms with E-state index in [1.54, 1.807) is 7.11 Å². The first-order valence-electron chi connectivity index (χ1n) is 9.36. The molecule has 7 heteroatoms. The zero-order chi connectivity index (χ0) is 20.0. The van der Waals surface area contributed by atoms with Crippen molar-refractivity contribution >= 4 is 11.8 Å². The van der Waals surface area contributed by atoms with E-state index in [1.165, 1.54) is 0 Å². The molecule has 1 saturated heterocycles. The smallest absolute Gasteiger partial charge is 0.309 e. The largest absolute Gasteiger partial charge is 0.497 e. The Morgan fingerprint density at radius 2 is 1.67 bits per heavy atom. The minimum Gasteiger partial charge on any atom is -0.497 e. The molecule has 0 spiro atoms. The van der Waals surface area contributed by atoms with Gasteiger partial charge in [0.2, 0.25) is 0 Å². The monoisotopic (exact) mass is 376 g/mol. The quantitative estimate of drug-likeness (QED) is 0.751. The number of nitrogens with zero attached hydrogens (tertiary/aromatic N) is 2. The van der Waals surface area contributed by atoms with E-state index < -0.39 is 17.4 Å². The van der Waals surface area contributed by atoms with E-state index in [0.29, 0.717) is 6.54 Å². The lowest BCUT2D eigenvalue weighted by molar-refractivity contribution is -0.140. The molecule has 2 amide bonds. The second-order valence-electron chi connectivity index (χ2n) is 8.04. The molecule has 1 aromatic rings. The van der Waals surface area contributed by atoms with E-state index >= 15 is 0 Å². The highest BCUT2D eigenvalue weighted by atomic mass is 16.5. The van der Waals surface area contributed by atoms with Gasteiger partial charge in [0.25, 0.3) is 0 Å². The number of benzene rings is 1. The maximum atomic E-state index is 12.2. The van der Waals surface area contributed by atoms with Crippen molar-refractivity contribution in [3.8, 4) is 5.75 Å². The standard InChI is InChI=1S/C20H32N4O3/c1-20(2,3)22-19(26)18(25)21-14-17(24-12-10-23(4)11-13-24)15-6-8-16(27-5)9-7-15/h6-9,17H,10-14H2,1-5H3,(H,21,25)(H,22,26)/t17-/m0/s1. The van der Waals surface area contributed by atoms with Crippen LogP contribution in [0.4, 0.5) is 0 Å². The number of piperazine rings is 1. The first kappa shape index (κ1) is 21.2. The van der Waals surface area contributed by atoms with E-state index in [1.807, 2.05) is 45.0 Å². The van der Waals surface area contributed by atoms with Crippen molar-refractivity contribution in [2.45, 2.75) is 32.4 Å². The van der Waals surface area contributed by atoms with E-state index in [4.69, 9.17) is 4.74 Å². The second kappa shape index (κ2) is 9.19. The Hall–Kier alpha value is -2.12. The Kier molecular flexibility index (Phi) is 7.21. The Morgan fingerprint density at radius 3 is 2.19 bits per heavy atom. The molecule has 0 bridgehead atoms. The number of likely N-dealkylation sites (N-methyl/N-ethyl adjacent to an activating group) is 1. The maximum absolute atomic E-state index is 12.2. The van der Waals surface area contributed by atoms with Crippen molar-refractivity contribution in [3.05, 3.63) is 29.8 Å². The zero-order valence-corrected chi connectivity index (χ0v) is 17.0. The molecule has 150 valence electrons. The Balaban J connectivity index is 2.07. The van der Waals surface area contributed by atoms with Crippen molar-refractivity contribution in [1.82, 2.24) is 20.4 Å². The molecule has 1 aliphatic rings. The SMILES string of the molecule is COc1ccc([C@H](CNC(=O)C(=O)NC(C)(C)C)N2CCN(C)CC2)cc1. The Bertz CT molecular complexity index is 632. The average Bonchev–Trinajstić information content (AvgIpc) is 2.62. The summed E-state index contributed by atoms with van der Waals surface area (Å²) in [7, 11) is 3.75. The van der Waals surface area contributed by atoms with Gasteiger partial charge in [0, 0.05) is 38.3 Å². The molecule has 1 fully saturated rings. The molecule has 7 nitrogen and oxygen atoms in total. The third-order valence-corrected chi connectivity index (χ3v) is 4.63. The van der Waals surface area contributed by atoms with Crippen LogP contribution < -0.4 is 15.4 Å². The topological polar surface area (TPSA) is 73.9 Å². The lowest BCUT2D eigenvalue weighted by Crippen LogP contribution is -2.51. The van der Waals surface area contributed by atoms with Crippen molar-refractivity contribution in [2.24, 2.45) is 0 Å². The minimum absolute atomic E-state index is 0.0102. The van der Waals surface area contributed by atoms with Crippen LogP contribution >= 0.6 is 0 Å². The van der Waals surface area contributed by atoms with E-state index in [0.717, 1.165) is 37.5 Å². The molecule has 0 radical (unpaired) electrons. The van der Waals surface area contributed by atoms with Gasteiger partial charge in [-0.2, -0.15) is 0 Å². The first-order chi connectivity index (χ1) is 12.7. The molecule has 1 aromatic carbocycles. The summed E-state index contributed by atoms with van der Waals surface area (Å²) in [6.07, 6.45) is 0. The number of hydrogen-bond acceptors (Lipinski definition) is 5. The number of nitrogens with one attached hydrogen (secondary N) is 2. The molecule has 0 unspecified atom stereocenters. The summed E-state index contributed by atoms with van der Waals surface area (Å²) in [4.78, 5) is 28.9. The highest BCUT2D eigenvalue weighted by molar-refractivity contribution is 6.35. The van der Waals surface area contributed by atoms with Crippen LogP contribution in [-0.4, -0.2) is 74.0 Å². The number of amides is 2. The second-order valence-corrected chi connectivity index (χ2v) is 8.04. The highest BCUT2D eigenvalue weighted by Crippen LogP contribution is 2.23. The molecule has 1 heterocycles. The van der Waals surface area contributed by atoms with Crippen LogP contribution in [0, 0.1) is 0 Å². The Morgan fingerprint density at radius 1 is 1.07 bits per heavy atom. The molecule has 27 heavy (non-hydrogen) atoms. The first-order valence-corrected chi connectivity index (χ1v) is 9.36. The number of rotatable bonds is 5. The van der Waals surface area contributed by atoms with E-state index in [-0.39, 0.29) is 6.04 Å². The summed E-state index contributed by atoms with van der Waals surface area (Å²) in [5, 5.41) is 5.50. The number of carbonyl (C=O) groups is 2. The highest BCUT2D eigenvalue weighted by Gasteiger charge is 2.26. The molecule has 0 aromatic heterocycles. The fraction of sp³-hybridized carbons (Fsp3) is 0.600. The minimum atomic E-state index is -0.602. The van der Waals surface area contributed by atoms with Gasteiger partial charge >= 0.3 is 11.8 Å². The molecule has 1 atom stereocenters. The van der Waals surface area contributed by atoms with Gasteiger partial charge in [-0.3, -0.25) is 14.5 Å². The normalized spacial score (nSPS) is 17.2. The molecule has 2 rings (SSSR count). The van der Waals surface area contributed by atoms with Gasteiger partial charge in [-0.15, -0.1) is 0 Å². The van der Waals surface area contributed by atoms with Gasteiger partial charge in [0.15, 0.2) is 0 Å². The Labute approximate surface area is 162 Å². The third-order valence-electron chi connectivity index (χ3n) is 4.63. The lowest BCUT2D eigenvalue weighted by Gasteiger charge is -2.38. The molecule has 1 aliphatic heterocycles. The maximum Gasteiger partial charge on any atom is 0.309 e. The summed E-state index contributed by atoms with van der Waals surface area (Å²) in [6, 6.07) is 7.89. The van der Waals surface area contributed by atoms with Crippen LogP contribution in [0.25, 0.3) is 0 Å². The summed E-state index contributed by atoms with van der Waals surface area (Å²) in [5.41, 5.74) is 0.651. The molecular formula is C20H32N4O3. The predicted octanol–water partition coefficient (Wildman–Crippen LogP) is 1.01. The van der Waals surface area contributed by atoms with Crippen molar-refractivity contribution in [2.75, 3.05) is 46.9 Å². The predicted molar refractivity (Wildman–Crippen MR) is 106 cm³/mol. The van der Waals surface area contributed by atoms with Crippen molar-refractivity contribution < 1.29 is 14.3 Å². The third kappa shape index (κ3) is 6.52. The van der Waals surface area contributed by atoms with Gasteiger partial charge in [0.05, 0.1) is 13.2 Å². The van der Waals surface area contributed by atoms with Crippen LogP contribution in [-0.2, 0) is 9.59 Å². The number of ether oxygens (including phenoxy) is 1. The van der Waals surface area contributed by atoms with Gasteiger partial charge in [-0.05, 0) is 45.5 Å². The molecule has 0 saturated carbocycles. The zero-order valence-electron chi connectivity index (χ0n) is 17.0. The van der Waals surface area contributed by atoms with Crippen LogP contribution in [0.3, 0.4) is 0 Å². The molecular weight excluding hydrogens is 344 g/mol. The number of hydrogen-bond donors (Lipinski definition) is 2. The van der Waals surface area contributed by atoms with Crippen LogP contribution in [0.5, 0.6) is 5.75 Å². The van der Waals surface area contributed by atoms with Crippen LogP contribution in [0.15, 0.2) is 24.3 Å². The van der Waals surface area contributed by atoms with Crippen molar-refractivity contribution in [1.29, 1.82) is 0 Å². The van der Waals surface area contributed by atoms with Gasteiger partial charge in [-0.1, -0.05) is 12.1 Å². The van der Waals surface area contributed by atoms with Gasteiger partial charge < -0.3 is 20.3 Å². The summed E-state index contributed by atoms with van der Waals surface area (Å²) >= 11 is 0. The van der Waals surface area contributed by atoms with Gasteiger partial charge in [-0.25, -0.2) is 0 Å². The summed E-state index contributed by atoms with van der Waals surface area (Å²) in [5.74, 6) is -0.406. The summed E-state index contributed by atoms with van der Waals surface area (Å²) < 4.78 is 5.24. The number of carbonyl (C=O) groups excluding carboxylic acids is 2. The van der Waals surface area contributed by atoms with Crippen molar-refractivity contribution in [3.63, 3.8) is 0 Å². The van der Waals surface area contributed by atoms with Gasteiger partial charge in [0.1, 0.15) is 5.75 Å². The summed E-state index contributed by atoms with van der Waals surface area (Å²) in [6.45, 7) is 9.71.